The van der Waals surface area contributed by atoms with Crippen molar-refractivity contribution in [3.8, 4) is 5.75 Å². The molecule has 0 radical (unpaired) electrons. The summed E-state index contributed by atoms with van der Waals surface area (Å²) in [4.78, 5) is 36.6. The van der Waals surface area contributed by atoms with Gasteiger partial charge in [0.1, 0.15) is 16.6 Å². The number of phenolic OH excluding ortho intramolecular Hbond substituents is 1. The van der Waals surface area contributed by atoms with E-state index in [9.17, 15) is 24.8 Å². The molecule has 1 heterocycles. The van der Waals surface area contributed by atoms with Crippen LogP contribution in [0, 0.1) is 10.1 Å². The molecule has 1 aliphatic heterocycles. The fraction of sp³-hybridized carbons (Fsp3) is 0.150. The Bertz CT molecular complexity index is 1070. The van der Waals surface area contributed by atoms with Crippen LogP contribution in [0.2, 0.25) is 0 Å². The Balaban J connectivity index is 1.68. The van der Waals surface area contributed by atoms with E-state index in [1.165, 1.54) is 16.5 Å². The van der Waals surface area contributed by atoms with Crippen LogP contribution < -0.4 is 5.32 Å². The van der Waals surface area contributed by atoms with Crippen molar-refractivity contribution in [2.75, 3.05) is 11.9 Å². The van der Waals surface area contributed by atoms with Gasteiger partial charge in [0.25, 0.3) is 11.6 Å². The number of carbonyl (C=O) groups excluding carboxylic acids is 2. The van der Waals surface area contributed by atoms with E-state index in [-0.39, 0.29) is 28.1 Å². The molecule has 1 fully saturated rings. The van der Waals surface area contributed by atoms with Crippen LogP contribution in [0.4, 0.5) is 11.4 Å². The van der Waals surface area contributed by atoms with E-state index in [4.69, 9.17) is 12.2 Å². The zero-order chi connectivity index (χ0) is 21.8. The molecule has 8 nitrogen and oxygen atoms in total. The van der Waals surface area contributed by atoms with Gasteiger partial charge in [-0.15, -0.1) is 0 Å². The summed E-state index contributed by atoms with van der Waals surface area (Å²) in [6.07, 6.45) is 2.64. The van der Waals surface area contributed by atoms with Gasteiger partial charge in [0.05, 0.1) is 21.6 Å². The van der Waals surface area contributed by atoms with Gasteiger partial charge in [-0.3, -0.25) is 24.6 Å². The van der Waals surface area contributed by atoms with Crippen molar-refractivity contribution >= 4 is 57.6 Å². The molecule has 1 aliphatic rings. The van der Waals surface area contributed by atoms with Crippen molar-refractivity contribution in [3.63, 3.8) is 0 Å². The number of amides is 2. The molecule has 0 bridgehead atoms. The summed E-state index contributed by atoms with van der Waals surface area (Å²) in [6, 6.07) is 11.1. The van der Waals surface area contributed by atoms with Gasteiger partial charge >= 0.3 is 0 Å². The fourth-order valence-corrected chi connectivity index (χ4v) is 3.96. The minimum atomic E-state index is -0.659. The molecule has 154 valence electrons. The zero-order valence-electron chi connectivity index (χ0n) is 15.8. The van der Waals surface area contributed by atoms with E-state index in [1.807, 2.05) is 24.3 Å². The number of thiocarbonyl (C=S) groups is 1. The van der Waals surface area contributed by atoms with Gasteiger partial charge in [0, 0.05) is 6.07 Å². The number of phenols is 1. The summed E-state index contributed by atoms with van der Waals surface area (Å²) in [6.45, 7) is 1.72. The highest BCUT2D eigenvalue weighted by Crippen LogP contribution is 2.33. The third-order valence-corrected chi connectivity index (χ3v) is 5.71. The molecule has 1 saturated heterocycles. The molecule has 3 rings (SSSR count). The normalized spacial score (nSPS) is 15.0. The van der Waals surface area contributed by atoms with Gasteiger partial charge in [-0.05, 0) is 29.7 Å². The Morgan fingerprint density at radius 2 is 2.00 bits per heavy atom. The zero-order valence-corrected chi connectivity index (χ0v) is 17.5. The SMILES string of the molecule is CCc1ccc(/C=C2\SC(=S)N(CC(=O)Nc3ccc([N+](=O)[O-])cc3O)C2=O)cc1. The number of anilines is 1. The summed E-state index contributed by atoms with van der Waals surface area (Å²) in [7, 11) is 0. The third-order valence-electron chi connectivity index (χ3n) is 4.33. The van der Waals surface area contributed by atoms with E-state index >= 15 is 0 Å². The van der Waals surface area contributed by atoms with Crippen molar-refractivity contribution < 1.29 is 19.6 Å². The van der Waals surface area contributed by atoms with E-state index in [1.54, 1.807) is 6.08 Å². The first-order valence-corrected chi connectivity index (χ1v) is 10.1. The van der Waals surface area contributed by atoms with Crippen molar-refractivity contribution in [2.24, 2.45) is 0 Å². The summed E-state index contributed by atoms with van der Waals surface area (Å²) in [5.74, 6) is -1.42. The number of hydrogen-bond acceptors (Lipinski definition) is 7. The molecule has 2 amide bonds. The van der Waals surface area contributed by atoms with E-state index in [0.717, 1.165) is 35.9 Å². The lowest BCUT2D eigenvalue weighted by atomic mass is 10.1. The minimum Gasteiger partial charge on any atom is -0.506 e. The highest BCUT2D eigenvalue weighted by molar-refractivity contribution is 8.26. The van der Waals surface area contributed by atoms with Crippen LogP contribution >= 0.6 is 24.0 Å². The van der Waals surface area contributed by atoms with Crippen molar-refractivity contribution in [2.45, 2.75) is 13.3 Å². The topological polar surface area (TPSA) is 113 Å². The summed E-state index contributed by atoms with van der Waals surface area (Å²) < 4.78 is 0.250. The predicted octanol–water partition coefficient (Wildman–Crippen LogP) is 3.70. The van der Waals surface area contributed by atoms with Gasteiger partial charge in [0.2, 0.25) is 5.91 Å². The van der Waals surface area contributed by atoms with Gasteiger partial charge < -0.3 is 10.4 Å². The van der Waals surface area contributed by atoms with Crippen LogP contribution in [-0.4, -0.2) is 37.6 Å². The fourth-order valence-electron chi connectivity index (χ4n) is 2.71. The molecule has 2 aromatic carbocycles. The molecule has 0 unspecified atom stereocenters. The van der Waals surface area contributed by atoms with Gasteiger partial charge in [0.15, 0.2) is 0 Å². The number of nitro benzene ring substituents is 1. The average Bonchev–Trinajstić information content (AvgIpc) is 2.97. The van der Waals surface area contributed by atoms with Crippen LogP contribution in [-0.2, 0) is 16.0 Å². The van der Waals surface area contributed by atoms with Gasteiger partial charge in [-0.1, -0.05) is 55.2 Å². The quantitative estimate of drug-likeness (QED) is 0.230. The monoisotopic (exact) mass is 443 g/mol. The second-order valence-electron chi connectivity index (χ2n) is 6.37. The summed E-state index contributed by atoms with van der Waals surface area (Å²) in [5.41, 5.74) is 1.74. The smallest absolute Gasteiger partial charge is 0.273 e. The Morgan fingerprint density at radius 1 is 1.30 bits per heavy atom. The van der Waals surface area contributed by atoms with E-state index < -0.39 is 16.6 Å². The number of hydrogen-bond donors (Lipinski definition) is 2. The van der Waals surface area contributed by atoms with Crippen molar-refractivity contribution in [1.29, 1.82) is 0 Å². The maximum Gasteiger partial charge on any atom is 0.273 e. The number of nitrogens with zero attached hydrogens (tertiary/aromatic N) is 2. The summed E-state index contributed by atoms with van der Waals surface area (Å²) >= 11 is 6.34. The lowest BCUT2D eigenvalue weighted by molar-refractivity contribution is -0.384. The number of rotatable bonds is 6. The Morgan fingerprint density at radius 3 is 2.60 bits per heavy atom. The van der Waals surface area contributed by atoms with Gasteiger partial charge in [-0.2, -0.15) is 0 Å². The number of benzene rings is 2. The van der Waals surface area contributed by atoms with Crippen LogP contribution in [0.15, 0.2) is 47.4 Å². The van der Waals surface area contributed by atoms with E-state index in [2.05, 4.69) is 12.2 Å². The molecule has 0 atom stereocenters. The highest BCUT2D eigenvalue weighted by Gasteiger charge is 2.33. The molecular formula is C20H17N3O5S2. The standard InChI is InChI=1S/C20H17N3O5S2/c1-2-12-3-5-13(6-4-12)9-17-19(26)22(20(29)30-17)11-18(25)21-15-8-7-14(23(27)28)10-16(15)24/h3-10,24H,2,11H2,1H3,(H,21,25)/b17-9-. The number of nitro groups is 1. The maximum atomic E-state index is 12.7. The first kappa shape index (κ1) is 21.5. The van der Waals surface area contributed by atoms with E-state index in [0.29, 0.717) is 4.91 Å². The average molecular weight is 444 g/mol. The lowest BCUT2D eigenvalue weighted by Gasteiger charge is -2.14. The Hall–Kier alpha value is -3.24. The molecule has 0 aromatic heterocycles. The number of carbonyl (C=O) groups is 2. The lowest BCUT2D eigenvalue weighted by Crippen LogP contribution is -2.36. The molecular weight excluding hydrogens is 426 g/mol. The first-order valence-electron chi connectivity index (χ1n) is 8.90. The van der Waals surface area contributed by atoms with Crippen LogP contribution in [0.3, 0.4) is 0 Å². The largest absolute Gasteiger partial charge is 0.506 e. The van der Waals surface area contributed by atoms with Crippen LogP contribution in [0.25, 0.3) is 6.08 Å². The number of nitrogens with one attached hydrogen (secondary N) is 1. The third kappa shape index (κ3) is 4.84. The Labute approximate surface area is 181 Å². The molecule has 10 heteroatoms. The minimum absolute atomic E-state index is 0.00240. The number of non-ortho nitro benzene ring substituents is 1. The highest BCUT2D eigenvalue weighted by atomic mass is 32.2. The molecule has 2 aromatic rings. The Kier molecular flexibility index (Phi) is 6.48. The molecule has 0 aliphatic carbocycles. The molecule has 0 saturated carbocycles. The van der Waals surface area contributed by atoms with Crippen LogP contribution in [0.1, 0.15) is 18.1 Å². The first-order chi connectivity index (χ1) is 14.3. The maximum absolute atomic E-state index is 12.7. The second kappa shape index (κ2) is 9.06. The number of aryl methyl sites for hydroxylation is 1. The number of aromatic hydroxyl groups is 1. The van der Waals surface area contributed by atoms with Crippen molar-refractivity contribution in [3.05, 3.63) is 68.6 Å². The van der Waals surface area contributed by atoms with Gasteiger partial charge in [-0.25, -0.2) is 0 Å². The number of thioether (sulfide) groups is 1. The summed E-state index contributed by atoms with van der Waals surface area (Å²) in [5, 5.41) is 23.0. The predicted molar refractivity (Wildman–Crippen MR) is 119 cm³/mol. The van der Waals surface area contributed by atoms with Crippen molar-refractivity contribution in [1.82, 2.24) is 4.90 Å². The molecule has 30 heavy (non-hydrogen) atoms. The second-order valence-corrected chi connectivity index (χ2v) is 8.05. The van der Waals surface area contributed by atoms with Crippen LogP contribution in [0.5, 0.6) is 5.75 Å². The molecule has 0 spiro atoms. The molecule has 2 N–H and O–H groups in total.